The fourth-order valence-corrected chi connectivity index (χ4v) is 2.14. The van der Waals surface area contributed by atoms with E-state index < -0.39 is 11.8 Å². The summed E-state index contributed by atoms with van der Waals surface area (Å²) >= 11 is 0. The SMILES string of the molecule is OC1(C(F)(F)F)CCc2ccccc2CC1. The fraction of sp³-hybridized carbons (Fsp3) is 0.500. The molecule has 1 aliphatic carbocycles. The monoisotopic (exact) mass is 230 g/mol. The van der Waals surface area contributed by atoms with Crippen molar-refractivity contribution in [3.8, 4) is 0 Å². The fourth-order valence-electron chi connectivity index (χ4n) is 2.14. The van der Waals surface area contributed by atoms with E-state index in [0.717, 1.165) is 11.1 Å². The summed E-state index contributed by atoms with van der Waals surface area (Å²) < 4.78 is 38.0. The highest BCUT2D eigenvalue weighted by molar-refractivity contribution is 5.29. The minimum absolute atomic E-state index is 0.243. The van der Waals surface area contributed by atoms with Crippen molar-refractivity contribution in [1.82, 2.24) is 0 Å². The van der Waals surface area contributed by atoms with Gasteiger partial charge in [0, 0.05) is 0 Å². The zero-order valence-electron chi connectivity index (χ0n) is 8.72. The lowest BCUT2D eigenvalue weighted by molar-refractivity contribution is -0.264. The minimum atomic E-state index is -4.53. The summed E-state index contributed by atoms with van der Waals surface area (Å²) in [5.74, 6) is 0. The Morgan fingerprint density at radius 3 is 1.81 bits per heavy atom. The lowest BCUT2D eigenvalue weighted by atomic mass is 9.93. The molecule has 2 rings (SSSR count). The standard InChI is InChI=1S/C12H13F3O/c13-12(14,15)11(16)7-5-9-3-1-2-4-10(9)6-8-11/h1-4,16H,5-8H2. The molecule has 1 nitrogen and oxygen atoms in total. The number of benzene rings is 1. The molecular formula is C12H13F3O. The van der Waals surface area contributed by atoms with Crippen LogP contribution in [0.3, 0.4) is 0 Å². The quantitative estimate of drug-likeness (QED) is 0.679. The highest BCUT2D eigenvalue weighted by atomic mass is 19.4. The van der Waals surface area contributed by atoms with Gasteiger partial charge in [-0.3, -0.25) is 0 Å². The molecule has 1 aromatic rings. The number of fused-ring (bicyclic) bond motifs is 1. The van der Waals surface area contributed by atoms with E-state index in [1.165, 1.54) is 0 Å². The predicted molar refractivity (Wildman–Crippen MR) is 54.1 cm³/mol. The Kier molecular flexibility index (Phi) is 2.70. The van der Waals surface area contributed by atoms with Gasteiger partial charge in [-0.05, 0) is 36.8 Å². The molecule has 0 aromatic heterocycles. The van der Waals surface area contributed by atoms with E-state index in [2.05, 4.69) is 0 Å². The molecule has 0 aliphatic heterocycles. The number of rotatable bonds is 0. The molecule has 16 heavy (non-hydrogen) atoms. The smallest absolute Gasteiger partial charge is 0.380 e. The summed E-state index contributed by atoms with van der Waals surface area (Å²) in [5, 5.41) is 9.63. The molecule has 1 aromatic carbocycles. The second-order valence-corrected chi connectivity index (χ2v) is 4.30. The topological polar surface area (TPSA) is 20.2 Å². The van der Waals surface area contributed by atoms with Crippen molar-refractivity contribution in [2.45, 2.75) is 37.5 Å². The van der Waals surface area contributed by atoms with Crippen LogP contribution in [0.25, 0.3) is 0 Å². The highest BCUT2D eigenvalue weighted by Gasteiger charge is 2.53. The summed E-state index contributed by atoms with van der Waals surface area (Å²) in [7, 11) is 0. The van der Waals surface area contributed by atoms with Crippen molar-refractivity contribution in [2.24, 2.45) is 0 Å². The largest absolute Gasteiger partial charge is 0.417 e. The summed E-state index contributed by atoms with van der Waals surface area (Å²) in [6.07, 6.45) is -4.45. The Hall–Kier alpha value is -1.03. The molecule has 0 unspecified atom stereocenters. The van der Waals surface area contributed by atoms with Crippen molar-refractivity contribution in [3.63, 3.8) is 0 Å². The zero-order chi connectivity index (χ0) is 11.8. The van der Waals surface area contributed by atoms with E-state index >= 15 is 0 Å². The summed E-state index contributed by atoms with van der Waals surface area (Å²) in [5.41, 5.74) is -0.684. The Bertz CT molecular complexity index is 357. The van der Waals surface area contributed by atoms with Crippen LogP contribution in [0, 0.1) is 0 Å². The van der Waals surface area contributed by atoms with Crippen molar-refractivity contribution >= 4 is 0 Å². The van der Waals surface area contributed by atoms with Gasteiger partial charge in [-0.15, -0.1) is 0 Å². The average molecular weight is 230 g/mol. The third-order valence-corrected chi connectivity index (χ3v) is 3.26. The third-order valence-electron chi connectivity index (χ3n) is 3.26. The van der Waals surface area contributed by atoms with E-state index in [0.29, 0.717) is 0 Å². The van der Waals surface area contributed by atoms with Crippen LogP contribution in [0.4, 0.5) is 13.2 Å². The second-order valence-electron chi connectivity index (χ2n) is 4.30. The van der Waals surface area contributed by atoms with E-state index in [-0.39, 0.29) is 25.7 Å². The Labute approximate surface area is 91.9 Å². The highest BCUT2D eigenvalue weighted by Crippen LogP contribution is 2.39. The molecule has 0 bridgehead atoms. The summed E-state index contributed by atoms with van der Waals surface area (Å²) in [4.78, 5) is 0. The lowest BCUT2D eigenvalue weighted by Crippen LogP contribution is -2.45. The van der Waals surface area contributed by atoms with Gasteiger partial charge in [0.25, 0.3) is 0 Å². The van der Waals surface area contributed by atoms with Crippen LogP contribution in [0.15, 0.2) is 24.3 Å². The molecule has 1 N–H and O–H groups in total. The van der Waals surface area contributed by atoms with Gasteiger partial charge in [-0.1, -0.05) is 24.3 Å². The number of alkyl halides is 3. The third kappa shape index (κ3) is 1.94. The van der Waals surface area contributed by atoms with Crippen LogP contribution in [0.2, 0.25) is 0 Å². The van der Waals surface area contributed by atoms with Crippen LogP contribution in [0.5, 0.6) is 0 Å². The van der Waals surface area contributed by atoms with Gasteiger partial charge in [-0.25, -0.2) is 0 Å². The van der Waals surface area contributed by atoms with E-state index in [1.807, 2.05) is 24.3 Å². The molecule has 4 heteroatoms. The van der Waals surface area contributed by atoms with Gasteiger partial charge in [0.15, 0.2) is 5.60 Å². The van der Waals surface area contributed by atoms with E-state index in [4.69, 9.17) is 0 Å². The van der Waals surface area contributed by atoms with Gasteiger partial charge in [-0.2, -0.15) is 13.2 Å². The van der Waals surface area contributed by atoms with Crippen LogP contribution in [-0.4, -0.2) is 16.9 Å². The average Bonchev–Trinajstić information content (AvgIpc) is 2.39. The second kappa shape index (κ2) is 3.77. The first-order valence-corrected chi connectivity index (χ1v) is 5.28. The number of aliphatic hydroxyl groups is 1. The first-order chi connectivity index (χ1) is 7.42. The molecule has 0 amide bonds. The molecule has 0 heterocycles. The van der Waals surface area contributed by atoms with E-state index in [1.54, 1.807) is 0 Å². The van der Waals surface area contributed by atoms with Crippen molar-refractivity contribution in [1.29, 1.82) is 0 Å². The predicted octanol–water partition coefficient (Wildman–Crippen LogP) is 2.86. The van der Waals surface area contributed by atoms with Gasteiger partial charge >= 0.3 is 6.18 Å². The van der Waals surface area contributed by atoms with Gasteiger partial charge in [0.2, 0.25) is 0 Å². The Morgan fingerprint density at radius 2 is 1.44 bits per heavy atom. The van der Waals surface area contributed by atoms with Crippen LogP contribution < -0.4 is 0 Å². The molecule has 0 fully saturated rings. The van der Waals surface area contributed by atoms with Crippen LogP contribution in [0.1, 0.15) is 24.0 Å². The Balaban J connectivity index is 2.25. The van der Waals surface area contributed by atoms with E-state index in [9.17, 15) is 18.3 Å². The zero-order valence-corrected chi connectivity index (χ0v) is 8.72. The molecule has 0 saturated carbocycles. The minimum Gasteiger partial charge on any atom is -0.380 e. The maximum Gasteiger partial charge on any atom is 0.417 e. The Morgan fingerprint density at radius 1 is 1.00 bits per heavy atom. The first kappa shape index (κ1) is 11.5. The van der Waals surface area contributed by atoms with Crippen molar-refractivity contribution in [3.05, 3.63) is 35.4 Å². The van der Waals surface area contributed by atoms with Gasteiger partial charge in [0.05, 0.1) is 0 Å². The van der Waals surface area contributed by atoms with Crippen LogP contribution >= 0.6 is 0 Å². The van der Waals surface area contributed by atoms with Gasteiger partial charge in [0.1, 0.15) is 0 Å². The van der Waals surface area contributed by atoms with Crippen molar-refractivity contribution < 1.29 is 18.3 Å². The molecule has 0 saturated heterocycles. The maximum absolute atomic E-state index is 12.7. The molecule has 0 radical (unpaired) electrons. The van der Waals surface area contributed by atoms with Crippen molar-refractivity contribution in [2.75, 3.05) is 0 Å². The van der Waals surface area contributed by atoms with Crippen LogP contribution in [-0.2, 0) is 12.8 Å². The number of halogens is 3. The van der Waals surface area contributed by atoms with Gasteiger partial charge < -0.3 is 5.11 Å². The lowest BCUT2D eigenvalue weighted by Gasteiger charge is -2.28. The summed E-state index contributed by atoms with van der Waals surface area (Å²) in [6, 6.07) is 7.29. The number of aryl methyl sites for hydroxylation is 2. The molecule has 1 aliphatic rings. The summed E-state index contributed by atoms with van der Waals surface area (Å²) in [6.45, 7) is 0. The number of hydrogen-bond donors (Lipinski definition) is 1. The molecular weight excluding hydrogens is 217 g/mol. The molecule has 0 spiro atoms. The first-order valence-electron chi connectivity index (χ1n) is 5.28. The maximum atomic E-state index is 12.7. The number of hydrogen-bond acceptors (Lipinski definition) is 1. The molecule has 0 atom stereocenters. The molecule has 88 valence electrons. The normalized spacial score (nSPS) is 20.0.